The third-order valence-electron chi connectivity index (χ3n) is 11.6. The molecule has 0 spiro atoms. The van der Waals surface area contributed by atoms with Crippen LogP contribution in [0.2, 0.25) is 0 Å². The lowest BCUT2D eigenvalue weighted by molar-refractivity contribution is 0.668. The Morgan fingerprint density at radius 3 is 2.00 bits per heavy atom. The third kappa shape index (κ3) is 7.12. The molecule has 8 aromatic carbocycles. The van der Waals surface area contributed by atoms with E-state index in [0.717, 1.165) is 83.6 Å². The van der Waals surface area contributed by atoms with Gasteiger partial charge in [-0.25, -0.2) is 9.98 Å². The summed E-state index contributed by atoms with van der Waals surface area (Å²) >= 11 is 1.86. The molecule has 0 aliphatic carbocycles. The maximum atomic E-state index is 6.73. The van der Waals surface area contributed by atoms with Crippen molar-refractivity contribution in [1.82, 2.24) is 0 Å². The van der Waals surface area contributed by atoms with Gasteiger partial charge in [-0.05, 0) is 69.3 Å². The number of hydrogen-bond acceptors (Lipinski definition) is 5. The Bertz CT molecular complexity index is 3240. The predicted molar refractivity (Wildman–Crippen MR) is 257 cm³/mol. The van der Waals surface area contributed by atoms with Crippen LogP contribution in [0.25, 0.3) is 44.2 Å². The van der Waals surface area contributed by atoms with Crippen molar-refractivity contribution >= 4 is 56.9 Å². The van der Waals surface area contributed by atoms with E-state index in [-0.39, 0.29) is 11.3 Å². The van der Waals surface area contributed by atoms with E-state index in [1.54, 1.807) is 0 Å². The summed E-state index contributed by atoms with van der Waals surface area (Å²) in [5.74, 6) is 1.73. The van der Waals surface area contributed by atoms with Crippen molar-refractivity contribution in [2.45, 2.75) is 22.7 Å². The van der Waals surface area contributed by atoms with Crippen LogP contribution in [-0.4, -0.2) is 28.5 Å². The van der Waals surface area contributed by atoms with E-state index in [9.17, 15) is 0 Å². The molecule has 2 N–H and O–H groups in total. The Morgan fingerprint density at radius 2 is 1.19 bits per heavy atom. The second-order valence-electron chi connectivity index (χ2n) is 15.5. The molecule has 11 rings (SSSR count). The van der Waals surface area contributed by atoms with Crippen LogP contribution in [0.1, 0.15) is 39.4 Å². The molecule has 7 heteroatoms. The van der Waals surface area contributed by atoms with Crippen LogP contribution >= 0.6 is 11.8 Å². The minimum absolute atomic E-state index is 0.0128. The predicted octanol–water partition coefficient (Wildman–Crippen LogP) is 12.7. The van der Waals surface area contributed by atoms with Gasteiger partial charge in [-0.2, -0.15) is 0 Å². The van der Waals surface area contributed by atoms with Gasteiger partial charge in [0.05, 0.1) is 23.5 Å². The lowest BCUT2D eigenvalue weighted by Crippen LogP contribution is -2.28. The second kappa shape index (κ2) is 16.1. The Labute approximate surface area is 364 Å². The van der Waals surface area contributed by atoms with E-state index in [4.69, 9.17) is 30.1 Å². The molecule has 0 bridgehead atoms. The number of hydrogen-bond donors (Lipinski definition) is 1. The molecule has 62 heavy (non-hydrogen) atoms. The van der Waals surface area contributed by atoms with E-state index >= 15 is 0 Å². The molecule has 296 valence electrons. The number of thioether (sulfide) groups is 1. The minimum atomic E-state index is 0.0128. The van der Waals surface area contributed by atoms with Crippen molar-refractivity contribution in [3.8, 4) is 22.3 Å². The van der Waals surface area contributed by atoms with Crippen molar-refractivity contribution in [3.63, 3.8) is 0 Å². The Morgan fingerprint density at radius 1 is 0.565 bits per heavy atom. The Kier molecular flexibility index (Phi) is 9.71. The van der Waals surface area contributed by atoms with Gasteiger partial charge in [-0.1, -0.05) is 170 Å². The first-order valence-corrected chi connectivity index (χ1v) is 21.6. The monoisotopic (exact) mass is 817 g/mol. The first kappa shape index (κ1) is 37.4. The lowest BCUT2D eigenvalue weighted by Gasteiger charge is -2.24. The van der Waals surface area contributed by atoms with Crippen LogP contribution in [0.15, 0.2) is 229 Å². The third-order valence-corrected chi connectivity index (χ3v) is 12.9. The van der Waals surface area contributed by atoms with Crippen molar-refractivity contribution in [2.24, 2.45) is 25.7 Å². The van der Waals surface area contributed by atoms with Crippen molar-refractivity contribution < 1.29 is 4.42 Å². The van der Waals surface area contributed by atoms with Crippen LogP contribution < -0.4 is 5.73 Å². The average Bonchev–Trinajstić information content (AvgIpc) is 3.92. The summed E-state index contributed by atoms with van der Waals surface area (Å²) in [5, 5.41) is 2.21. The molecule has 2 unspecified atom stereocenters. The highest BCUT2D eigenvalue weighted by molar-refractivity contribution is 8.01. The topological polar surface area (TPSA) is 88.6 Å². The van der Waals surface area contributed by atoms with Gasteiger partial charge in [0.25, 0.3) is 0 Å². The first-order chi connectivity index (χ1) is 30.6. The molecule has 0 radical (unpaired) electrons. The van der Waals surface area contributed by atoms with Gasteiger partial charge in [0.1, 0.15) is 17.0 Å². The van der Waals surface area contributed by atoms with E-state index in [1.807, 2.05) is 84.6 Å². The number of furan rings is 1. The second-order valence-corrected chi connectivity index (χ2v) is 16.7. The van der Waals surface area contributed by atoms with Gasteiger partial charge >= 0.3 is 0 Å². The molecule has 0 saturated carbocycles. The largest absolute Gasteiger partial charge is 0.456 e. The highest BCUT2D eigenvalue weighted by atomic mass is 32.2. The Hall–Kier alpha value is -7.61. The molecule has 6 nitrogen and oxygen atoms in total. The number of benzene rings is 8. The molecule has 9 aromatic rings. The normalized spacial score (nSPS) is 16.2. The van der Waals surface area contributed by atoms with Gasteiger partial charge in [0.15, 0.2) is 11.7 Å². The minimum Gasteiger partial charge on any atom is -0.456 e. The molecule has 0 fully saturated rings. The summed E-state index contributed by atoms with van der Waals surface area (Å²) < 4.78 is 6.42. The fourth-order valence-electron chi connectivity index (χ4n) is 8.48. The maximum absolute atomic E-state index is 6.73. The zero-order valence-corrected chi connectivity index (χ0v) is 34.4. The molecule has 2 aliphatic heterocycles. The first-order valence-electron chi connectivity index (χ1n) is 20.8. The van der Waals surface area contributed by atoms with Gasteiger partial charge in [-0.3, -0.25) is 9.98 Å². The van der Waals surface area contributed by atoms with Crippen molar-refractivity contribution in [2.75, 3.05) is 0 Å². The number of nitrogens with zero attached hydrogens (tertiary/aromatic N) is 4. The number of amidine groups is 3. The van der Waals surface area contributed by atoms with Gasteiger partial charge in [0, 0.05) is 32.4 Å². The molecule has 0 saturated heterocycles. The van der Waals surface area contributed by atoms with Gasteiger partial charge in [0.2, 0.25) is 0 Å². The summed E-state index contributed by atoms with van der Waals surface area (Å²) in [6.07, 6.45) is 0. The Balaban J connectivity index is 0.919. The SMILES string of the molecule is NC(=NC(=NCc1cccc2oc3ccc(-c4ccc(C5=NC6c7ccccc7SC6C(c6ccccc6)=N5)cc4)cc3c12)c1ccccc1)c1cccc(-c2ccccc2)c1. The summed E-state index contributed by atoms with van der Waals surface area (Å²) in [4.78, 5) is 21.8. The zero-order chi connectivity index (χ0) is 41.4. The summed E-state index contributed by atoms with van der Waals surface area (Å²) in [6.45, 7) is 0.383. The smallest absolute Gasteiger partial charge is 0.157 e. The van der Waals surface area contributed by atoms with E-state index < -0.39 is 0 Å². The fraction of sp³-hybridized carbons (Fsp3) is 0.0545. The molecule has 2 atom stereocenters. The highest BCUT2D eigenvalue weighted by Gasteiger charge is 2.39. The number of fused-ring (bicyclic) bond motifs is 6. The quantitative estimate of drug-likeness (QED) is 0.122. The van der Waals surface area contributed by atoms with Crippen LogP contribution in [0.5, 0.6) is 0 Å². The summed E-state index contributed by atoms with van der Waals surface area (Å²) in [7, 11) is 0. The maximum Gasteiger partial charge on any atom is 0.157 e. The average molecular weight is 818 g/mol. The lowest BCUT2D eigenvalue weighted by atomic mass is 9.95. The van der Waals surface area contributed by atoms with Crippen LogP contribution in [0.3, 0.4) is 0 Å². The van der Waals surface area contributed by atoms with Crippen LogP contribution in [-0.2, 0) is 6.54 Å². The van der Waals surface area contributed by atoms with Gasteiger partial charge in [-0.15, -0.1) is 11.8 Å². The fourth-order valence-corrected chi connectivity index (χ4v) is 9.88. The molecular weight excluding hydrogens is 779 g/mol. The van der Waals surface area contributed by atoms with E-state index in [0.29, 0.717) is 18.2 Å². The number of nitrogens with two attached hydrogens (primary N) is 1. The van der Waals surface area contributed by atoms with Gasteiger partial charge < -0.3 is 10.2 Å². The molecule has 3 heterocycles. The molecule has 1 aromatic heterocycles. The zero-order valence-electron chi connectivity index (χ0n) is 33.6. The number of aliphatic imine (C=N–C) groups is 4. The van der Waals surface area contributed by atoms with Crippen molar-refractivity contribution in [1.29, 1.82) is 0 Å². The number of rotatable bonds is 8. The summed E-state index contributed by atoms with van der Waals surface area (Å²) in [6, 6.07) is 68.7. The molecular formula is C55H39N5OS. The van der Waals surface area contributed by atoms with Crippen LogP contribution in [0.4, 0.5) is 0 Å². The van der Waals surface area contributed by atoms with E-state index in [1.165, 1.54) is 10.5 Å². The van der Waals surface area contributed by atoms with Crippen LogP contribution in [0, 0.1) is 0 Å². The molecule has 0 amide bonds. The van der Waals surface area contributed by atoms with Crippen molar-refractivity contribution in [3.05, 3.63) is 234 Å². The standard InChI is InChI=1S/C55H39N5OS/c56-53(42-21-12-20-40(32-42)35-14-4-1-5-15-35)60-54(38-18-8-3-9-19-38)57-34-43-22-13-24-47-49(43)45-33-41(30-31-46(45)61-47)36-26-28-39(29-27-36)55-58-50(37-16-6-2-7-17-37)52-51(59-55)44-23-10-11-25-48(44)62-52/h1-33,51-52H,34H2,(H2,56,57,60). The van der Waals surface area contributed by atoms with E-state index in [2.05, 4.69) is 127 Å². The summed E-state index contributed by atoms with van der Waals surface area (Å²) in [5.41, 5.74) is 20.0. The molecule has 2 aliphatic rings. The highest BCUT2D eigenvalue weighted by Crippen LogP contribution is 2.49.